The van der Waals surface area contributed by atoms with Gasteiger partial charge in [0, 0.05) is 6.61 Å². The summed E-state index contributed by atoms with van der Waals surface area (Å²) in [6.45, 7) is 5.06. The molecule has 1 aliphatic rings. The van der Waals surface area contributed by atoms with E-state index in [1.165, 1.54) is 0 Å². The number of hydrogen-bond acceptors (Lipinski definition) is 4. The second-order valence-corrected chi connectivity index (χ2v) is 9.93. The number of likely N-dealkylation sites (tertiary alicyclic amines) is 1. The van der Waals surface area contributed by atoms with Gasteiger partial charge in [0.25, 0.3) is 0 Å². The van der Waals surface area contributed by atoms with Crippen molar-refractivity contribution in [3.8, 4) is 0 Å². The van der Waals surface area contributed by atoms with Gasteiger partial charge in [0.2, 0.25) is 0 Å². The van der Waals surface area contributed by atoms with Crippen LogP contribution in [0.15, 0.2) is 78.9 Å². The highest BCUT2D eigenvalue weighted by Crippen LogP contribution is 2.42. The number of aliphatic hydroxyl groups is 3. The Hall–Kier alpha value is -2.50. The minimum absolute atomic E-state index is 0.146. The van der Waals surface area contributed by atoms with Gasteiger partial charge in [0.05, 0.1) is 6.10 Å². The summed E-state index contributed by atoms with van der Waals surface area (Å²) in [4.78, 5) is 2.47. The van der Waals surface area contributed by atoms with Crippen molar-refractivity contribution in [3.05, 3.63) is 107 Å². The van der Waals surface area contributed by atoms with Crippen molar-refractivity contribution in [1.29, 1.82) is 0 Å². The molecular weight excluding hydrogens is 434 g/mol. The molecule has 0 aliphatic carbocycles. The molecule has 0 amide bonds. The van der Waals surface area contributed by atoms with E-state index in [2.05, 4.69) is 11.0 Å². The Kier molecular flexibility index (Phi) is 8.74. The number of benzene rings is 3. The molecule has 3 aromatic rings. The lowest BCUT2D eigenvalue weighted by molar-refractivity contribution is -0.0146. The first kappa shape index (κ1) is 25.6. The lowest BCUT2D eigenvalue weighted by Gasteiger charge is -2.42. The summed E-state index contributed by atoms with van der Waals surface area (Å²) in [7, 11) is 0. The van der Waals surface area contributed by atoms with Crippen LogP contribution in [0.3, 0.4) is 0 Å². The number of hydrogen-bond donors (Lipinski definition) is 3. The summed E-state index contributed by atoms with van der Waals surface area (Å²) < 4.78 is 0. The van der Waals surface area contributed by atoms with Crippen LogP contribution in [0.1, 0.15) is 59.6 Å². The molecule has 0 saturated carbocycles. The van der Waals surface area contributed by atoms with Gasteiger partial charge in [-0.1, -0.05) is 78.9 Å². The molecule has 1 aliphatic heterocycles. The molecule has 1 atom stereocenters. The number of nitrogens with zero attached hydrogens (tertiary/aromatic N) is 1. The maximum absolute atomic E-state index is 12.0. The van der Waals surface area contributed by atoms with E-state index in [0.29, 0.717) is 6.42 Å². The van der Waals surface area contributed by atoms with Crippen LogP contribution >= 0.6 is 0 Å². The summed E-state index contributed by atoms with van der Waals surface area (Å²) >= 11 is 0. The molecule has 0 bridgehead atoms. The summed E-state index contributed by atoms with van der Waals surface area (Å²) in [6.07, 6.45) is 3.74. The van der Waals surface area contributed by atoms with Crippen molar-refractivity contribution in [2.75, 3.05) is 26.2 Å². The molecule has 1 fully saturated rings. The molecule has 1 unspecified atom stereocenters. The molecule has 1 heterocycles. The van der Waals surface area contributed by atoms with E-state index in [4.69, 9.17) is 0 Å². The molecule has 4 rings (SSSR count). The number of rotatable bonds is 10. The number of aryl methyl sites for hydroxylation is 1. The Morgan fingerprint density at radius 2 is 1.51 bits per heavy atom. The summed E-state index contributed by atoms with van der Waals surface area (Å²) in [5.74, 6) is 0.162. The molecule has 0 aromatic heterocycles. The molecule has 3 aromatic carbocycles. The zero-order valence-electron chi connectivity index (χ0n) is 20.8. The first-order valence-corrected chi connectivity index (χ1v) is 13.0. The fourth-order valence-corrected chi connectivity index (χ4v) is 5.60. The minimum atomic E-state index is -0.981. The van der Waals surface area contributed by atoms with Crippen LogP contribution in [0.4, 0.5) is 0 Å². The van der Waals surface area contributed by atoms with Crippen molar-refractivity contribution >= 4 is 0 Å². The van der Waals surface area contributed by atoms with Gasteiger partial charge < -0.3 is 20.2 Å². The average Bonchev–Trinajstić information content (AvgIpc) is 2.91. The van der Waals surface area contributed by atoms with Crippen molar-refractivity contribution in [1.82, 2.24) is 4.90 Å². The standard InChI is InChI=1S/C31H39NO3/c1-24-23-26(15-14-25(24)18-22-33)30(34)13-8-19-32-20-16-29(17-21-32)31(35,27-9-4-2-5-10-27)28-11-6-3-7-12-28/h2-7,9-12,14-15,23,29-30,33-35H,8,13,16-22H2,1H3. The third-order valence-corrected chi connectivity index (χ3v) is 7.69. The van der Waals surface area contributed by atoms with Crippen LogP contribution < -0.4 is 0 Å². The highest BCUT2D eigenvalue weighted by Gasteiger charge is 2.41. The van der Waals surface area contributed by atoms with Crippen LogP contribution in [0.5, 0.6) is 0 Å². The van der Waals surface area contributed by atoms with Crippen LogP contribution in [0.25, 0.3) is 0 Å². The molecule has 186 valence electrons. The van der Waals surface area contributed by atoms with Gasteiger partial charge in [-0.05, 0) is 92.4 Å². The van der Waals surface area contributed by atoms with E-state index in [1.54, 1.807) is 0 Å². The van der Waals surface area contributed by atoms with E-state index < -0.39 is 11.7 Å². The Morgan fingerprint density at radius 1 is 0.914 bits per heavy atom. The zero-order chi connectivity index (χ0) is 24.7. The zero-order valence-corrected chi connectivity index (χ0v) is 20.8. The van der Waals surface area contributed by atoms with Crippen LogP contribution in [0.2, 0.25) is 0 Å². The summed E-state index contributed by atoms with van der Waals surface area (Å²) in [6, 6.07) is 26.2. The van der Waals surface area contributed by atoms with Crippen LogP contribution in [-0.2, 0) is 12.0 Å². The van der Waals surface area contributed by atoms with E-state index in [-0.39, 0.29) is 12.5 Å². The number of piperidine rings is 1. The Morgan fingerprint density at radius 3 is 2.06 bits per heavy atom. The second-order valence-electron chi connectivity index (χ2n) is 9.93. The van der Waals surface area contributed by atoms with E-state index in [0.717, 1.165) is 73.1 Å². The van der Waals surface area contributed by atoms with Gasteiger partial charge >= 0.3 is 0 Å². The molecule has 4 nitrogen and oxygen atoms in total. The Balaban J connectivity index is 1.32. The average molecular weight is 474 g/mol. The lowest BCUT2D eigenvalue weighted by Crippen LogP contribution is -2.44. The van der Waals surface area contributed by atoms with E-state index in [9.17, 15) is 15.3 Å². The van der Waals surface area contributed by atoms with Gasteiger partial charge in [0.15, 0.2) is 0 Å². The molecule has 0 radical (unpaired) electrons. The monoisotopic (exact) mass is 473 g/mol. The second kappa shape index (κ2) is 12.0. The molecule has 1 saturated heterocycles. The third-order valence-electron chi connectivity index (χ3n) is 7.69. The lowest BCUT2D eigenvalue weighted by atomic mass is 9.72. The minimum Gasteiger partial charge on any atom is -0.396 e. The van der Waals surface area contributed by atoms with E-state index >= 15 is 0 Å². The van der Waals surface area contributed by atoms with Crippen LogP contribution in [0, 0.1) is 12.8 Å². The third kappa shape index (κ3) is 6.02. The Labute approximate surface area is 209 Å². The van der Waals surface area contributed by atoms with Crippen molar-refractivity contribution in [3.63, 3.8) is 0 Å². The van der Waals surface area contributed by atoms with Gasteiger partial charge in [0.1, 0.15) is 5.60 Å². The number of aliphatic hydroxyl groups excluding tert-OH is 2. The van der Waals surface area contributed by atoms with Crippen molar-refractivity contribution in [2.45, 2.75) is 50.7 Å². The van der Waals surface area contributed by atoms with Crippen LogP contribution in [-0.4, -0.2) is 46.5 Å². The maximum atomic E-state index is 12.0. The molecule has 35 heavy (non-hydrogen) atoms. The highest BCUT2D eigenvalue weighted by atomic mass is 16.3. The molecule has 4 heteroatoms. The SMILES string of the molecule is Cc1cc(C(O)CCCN2CCC(C(O)(c3ccccc3)c3ccccc3)CC2)ccc1CCO. The van der Waals surface area contributed by atoms with Gasteiger partial charge in [-0.15, -0.1) is 0 Å². The van der Waals surface area contributed by atoms with Gasteiger partial charge in [-0.25, -0.2) is 0 Å². The topological polar surface area (TPSA) is 63.9 Å². The summed E-state index contributed by atoms with van der Waals surface area (Å²) in [5.41, 5.74) is 4.17. The van der Waals surface area contributed by atoms with Crippen molar-refractivity contribution in [2.24, 2.45) is 5.92 Å². The fraction of sp³-hybridized carbons (Fsp3) is 0.419. The summed E-state index contributed by atoms with van der Waals surface area (Å²) in [5, 5.41) is 31.9. The quantitative estimate of drug-likeness (QED) is 0.388. The smallest absolute Gasteiger partial charge is 0.117 e. The molecular formula is C31H39NO3. The highest BCUT2D eigenvalue weighted by molar-refractivity contribution is 5.37. The molecule has 3 N–H and O–H groups in total. The first-order chi connectivity index (χ1) is 17.0. The predicted octanol–water partition coefficient (Wildman–Crippen LogP) is 4.99. The van der Waals surface area contributed by atoms with Gasteiger partial charge in [-0.2, -0.15) is 0 Å². The largest absolute Gasteiger partial charge is 0.396 e. The molecule has 0 spiro atoms. The Bertz CT molecular complexity index is 1010. The maximum Gasteiger partial charge on any atom is 0.117 e. The first-order valence-electron chi connectivity index (χ1n) is 13.0. The predicted molar refractivity (Wildman–Crippen MR) is 141 cm³/mol. The van der Waals surface area contributed by atoms with Crippen molar-refractivity contribution < 1.29 is 15.3 Å². The fourth-order valence-electron chi connectivity index (χ4n) is 5.60. The normalized spacial score (nSPS) is 16.3. The van der Waals surface area contributed by atoms with Gasteiger partial charge in [-0.3, -0.25) is 0 Å². The van der Waals surface area contributed by atoms with E-state index in [1.807, 2.05) is 79.7 Å².